The average molecular weight is 355 g/mol. The van der Waals surface area contributed by atoms with Gasteiger partial charge < -0.3 is 18.6 Å². The van der Waals surface area contributed by atoms with Crippen LogP contribution in [-0.2, 0) is 0 Å². The Kier molecular flexibility index (Phi) is 5.02. The van der Waals surface area contributed by atoms with E-state index >= 15 is 0 Å². The molecule has 8 nitrogen and oxygen atoms in total. The second-order valence-electron chi connectivity index (χ2n) is 5.14. The Morgan fingerprint density at radius 1 is 0.923 bits per heavy atom. The Balaban J connectivity index is 1.80. The molecular formula is C18H17N3O5. The second kappa shape index (κ2) is 7.56. The maximum absolute atomic E-state index is 12.4. The van der Waals surface area contributed by atoms with Crippen molar-refractivity contribution in [2.75, 3.05) is 26.6 Å². The third-order valence-electron chi connectivity index (χ3n) is 3.63. The van der Waals surface area contributed by atoms with Crippen molar-refractivity contribution in [2.45, 2.75) is 0 Å². The molecule has 0 unspecified atom stereocenters. The van der Waals surface area contributed by atoms with Crippen LogP contribution in [0.1, 0.15) is 10.4 Å². The van der Waals surface area contributed by atoms with Gasteiger partial charge in [-0.3, -0.25) is 10.1 Å². The van der Waals surface area contributed by atoms with Crippen LogP contribution in [-0.4, -0.2) is 37.4 Å². The maximum Gasteiger partial charge on any atom is 0.322 e. The van der Waals surface area contributed by atoms with Gasteiger partial charge in [0.2, 0.25) is 0 Å². The fourth-order valence-electron chi connectivity index (χ4n) is 2.35. The summed E-state index contributed by atoms with van der Waals surface area (Å²) < 4.78 is 21.1. The fourth-order valence-corrected chi connectivity index (χ4v) is 2.35. The second-order valence-corrected chi connectivity index (χ2v) is 5.14. The summed E-state index contributed by atoms with van der Waals surface area (Å²) in [5.74, 6) is 1.39. The van der Waals surface area contributed by atoms with E-state index in [1.807, 2.05) is 12.1 Å². The van der Waals surface area contributed by atoms with Gasteiger partial charge in [-0.15, -0.1) is 5.10 Å². The number of carbonyl (C=O) groups is 1. The summed E-state index contributed by atoms with van der Waals surface area (Å²) in [4.78, 5) is 12.4. The fraction of sp³-hybridized carbons (Fsp3) is 0.167. The third kappa shape index (κ3) is 3.44. The van der Waals surface area contributed by atoms with Gasteiger partial charge in [-0.05, 0) is 30.3 Å². The number of nitrogens with zero attached hydrogens (tertiary/aromatic N) is 2. The number of amides is 1. The van der Waals surface area contributed by atoms with Crippen LogP contribution >= 0.6 is 0 Å². The standard InChI is InChI=1S/C18H17N3O5/c1-23-13-7-5-4-6-12(13)17-20-21-18(26-17)19-16(22)11-8-9-14(24-2)15(10-11)25-3/h4-10H,1-3H3,(H,19,21,22). The molecule has 0 spiro atoms. The van der Waals surface area contributed by atoms with Crippen molar-refractivity contribution < 1.29 is 23.4 Å². The first-order valence-electron chi connectivity index (χ1n) is 7.66. The smallest absolute Gasteiger partial charge is 0.322 e. The van der Waals surface area contributed by atoms with E-state index in [1.165, 1.54) is 14.2 Å². The van der Waals surface area contributed by atoms with Crippen LogP contribution in [0, 0.1) is 0 Å². The van der Waals surface area contributed by atoms with Gasteiger partial charge in [0.25, 0.3) is 11.8 Å². The number of benzene rings is 2. The van der Waals surface area contributed by atoms with Crippen molar-refractivity contribution in [3.05, 3.63) is 48.0 Å². The number of para-hydroxylation sites is 1. The van der Waals surface area contributed by atoms with Crippen molar-refractivity contribution >= 4 is 11.9 Å². The van der Waals surface area contributed by atoms with Crippen LogP contribution in [0.3, 0.4) is 0 Å². The summed E-state index contributed by atoms with van der Waals surface area (Å²) in [6, 6.07) is 12.0. The number of anilines is 1. The minimum Gasteiger partial charge on any atom is -0.496 e. The molecule has 2 aromatic carbocycles. The van der Waals surface area contributed by atoms with Crippen molar-refractivity contribution in [1.82, 2.24) is 10.2 Å². The summed E-state index contributed by atoms with van der Waals surface area (Å²) in [5, 5.41) is 10.4. The predicted molar refractivity (Wildman–Crippen MR) is 93.8 cm³/mol. The Morgan fingerprint density at radius 2 is 1.65 bits per heavy atom. The Labute approximate surface area is 149 Å². The molecule has 0 bridgehead atoms. The Morgan fingerprint density at radius 3 is 2.38 bits per heavy atom. The summed E-state index contributed by atoms with van der Waals surface area (Å²) in [6.45, 7) is 0. The minimum atomic E-state index is -0.416. The van der Waals surface area contributed by atoms with E-state index in [2.05, 4.69) is 15.5 Å². The van der Waals surface area contributed by atoms with Crippen LogP contribution in [0.2, 0.25) is 0 Å². The monoisotopic (exact) mass is 355 g/mol. The van der Waals surface area contributed by atoms with E-state index in [-0.39, 0.29) is 11.9 Å². The number of hydrogen-bond donors (Lipinski definition) is 1. The van der Waals surface area contributed by atoms with Crippen LogP contribution in [0.5, 0.6) is 17.2 Å². The molecule has 26 heavy (non-hydrogen) atoms. The number of aromatic nitrogens is 2. The first kappa shape index (κ1) is 17.3. The molecule has 0 fully saturated rings. The number of nitrogens with one attached hydrogen (secondary N) is 1. The van der Waals surface area contributed by atoms with Gasteiger partial charge >= 0.3 is 6.01 Å². The zero-order valence-electron chi connectivity index (χ0n) is 14.5. The lowest BCUT2D eigenvalue weighted by Crippen LogP contribution is -2.12. The molecule has 0 atom stereocenters. The minimum absolute atomic E-state index is 0.0225. The molecule has 8 heteroatoms. The predicted octanol–water partition coefficient (Wildman–Crippen LogP) is 3.01. The lowest BCUT2D eigenvalue weighted by molar-refractivity contribution is 0.102. The molecule has 1 amide bonds. The third-order valence-corrected chi connectivity index (χ3v) is 3.63. The summed E-state index contributed by atoms with van der Waals surface area (Å²) in [6.07, 6.45) is 0. The number of hydrogen-bond acceptors (Lipinski definition) is 7. The number of rotatable bonds is 6. The van der Waals surface area contributed by atoms with Crippen molar-refractivity contribution in [3.8, 4) is 28.7 Å². The first-order valence-corrected chi connectivity index (χ1v) is 7.66. The van der Waals surface area contributed by atoms with Crippen LogP contribution in [0.4, 0.5) is 6.01 Å². The zero-order chi connectivity index (χ0) is 18.5. The number of methoxy groups -OCH3 is 3. The van der Waals surface area contributed by atoms with Gasteiger partial charge in [-0.1, -0.05) is 17.2 Å². The van der Waals surface area contributed by atoms with Crippen LogP contribution in [0.25, 0.3) is 11.5 Å². The maximum atomic E-state index is 12.4. The molecule has 0 aliphatic rings. The number of ether oxygens (including phenoxy) is 3. The molecule has 3 rings (SSSR count). The topological polar surface area (TPSA) is 95.7 Å². The van der Waals surface area contributed by atoms with E-state index in [9.17, 15) is 4.79 Å². The van der Waals surface area contributed by atoms with Crippen LogP contribution in [0.15, 0.2) is 46.9 Å². The summed E-state index contributed by atoms with van der Waals surface area (Å²) in [7, 11) is 4.57. The SMILES string of the molecule is COc1ccc(C(=O)Nc2nnc(-c3ccccc3OC)o2)cc1OC. The molecule has 3 aromatic rings. The van der Waals surface area contributed by atoms with E-state index in [4.69, 9.17) is 18.6 Å². The molecule has 0 saturated heterocycles. The van der Waals surface area contributed by atoms with Crippen molar-refractivity contribution in [2.24, 2.45) is 0 Å². The molecule has 0 radical (unpaired) electrons. The summed E-state index contributed by atoms with van der Waals surface area (Å²) >= 11 is 0. The molecule has 0 aliphatic heterocycles. The molecule has 134 valence electrons. The Bertz CT molecular complexity index is 923. The lowest BCUT2D eigenvalue weighted by Gasteiger charge is -2.08. The van der Waals surface area contributed by atoms with E-state index in [0.717, 1.165) is 0 Å². The average Bonchev–Trinajstić information content (AvgIpc) is 3.15. The van der Waals surface area contributed by atoms with Gasteiger partial charge in [-0.2, -0.15) is 0 Å². The van der Waals surface area contributed by atoms with Crippen LogP contribution < -0.4 is 19.5 Å². The highest BCUT2D eigenvalue weighted by Gasteiger charge is 2.16. The quantitative estimate of drug-likeness (QED) is 0.726. The highest BCUT2D eigenvalue weighted by atomic mass is 16.5. The van der Waals surface area contributed by atoms with E-state index in [0.29, 0.717) is 28.4 Å². The van der Waals surface area contributed by atoms with Crippen molar-refractivity contribution in [3.63, 3.8) is 0 Å². The van der Waals surface area contributed by atoms with Gasteiger partial charge in [0.1, 0.15) is 5.75 Å². The van der Waals surface area contributed by atoms with Crippen molar-refractivity contribution in [1.29, 1.82) is 0 Å². The molecule has 0 aliphatic carbocycles. The summed E-state index contributed by atoms with van der Waals surface area (Å²) in [5.41, 5.74) is 0.994. The zero-order valence-corrected chi connectivity index (χ0v) is 14.5. The number of carbonyl (C=O) groups excluding carboxylic acids is 1. The highest BCUT2D eigenvalue weighted by Crippen LogP contribution is 2.30. The molecule has 1 heterocycles. The largest absolute Gasteiger partial charge is 0.496 e. The normalized spacial score (nSPS) is 10.3. The highest BCUT2D eigenvalue weighted by molar-refractivity contribution is 6.03. The lowest BCUT2D eigenvalue weighted by atomic mass is 10.2. The molecular weight excluding hydrogens is 338 g/mol. The van der Waals surface area contributed by atoms with Gasteiger partial charge in [0.15, 0.2) is 11.5 Å². The molecule has 1 aromatic heterocycles. The first-order chi connectivity index (χ1) is 12.7. The Hall–Kier alpha value is -3.55. The van der Waals surface area contributed by atoms with E-state index in [1.54, 1.807) is 37.4 Å². The molecule has 1 N–H and O–H groups in total. The molecule has 0 saturated carbocycles. The van der Waals surface area contributed by atoms with E-state index < -0.39 is 5.91 Å². The van der Waals surface area contributed by atoms with Gasteiger partial charge in [0, 0.05) is 5.56 Å². The van der Waals surface area contributed by atoms with Gasteiger partial charge in [0.05, 0.1) is 26.9 Å². The van der Waals surface area contributed by atoms with Gasteiger partial charge in [-0.25, -0.2) is 0 Å².